The molecule has 0 unspecified atom stereocenters. The first-order valence-corrected chi connectivity index (χ1v) is 11.2. The number of benzene rings is 3. The number of para-hydroxylation sites is 1. The van der Waals surface area contributed by atoms with Crippen LogP contribution in [-0.2, 0) is 17.4 Å². The van der Waals surface area contributed by atoms with Gasteiger partial charge in [-0.15, -0.1) is 0 Å². The molecule has 0 saturated heterocycles. The van der Waals surface area contributed by atoms with Crippen molar-refractivity contribution in [3.05, 3.63) is 89.5 Å². The highest BCUT2D eigenvalue weighted by Gasteiger charge is 2.35. The third kappa shape index (κ3) is 5.04. The Labute approximate surface area is 197 Å². The first-order valence-electron chi connectivity index (χ1n) is 11.2. The van der Waals surface area contributed by atoms with E-state index in [0.29, 0.717) is 16.9 Å². The van der Waals surface area contributed by atoms with Crippen LogP contribution < -0.4 is 4.90 Å². The summed E-state index contributed by atoms with van der Waals surface area (Å²) >= 11 is 0. The molecule has 0 fully saturated rings. The fourth-order valence-electron chi connectivity index (χ4n) is 4.01. The smallest absolute Gasteiger partial charge is 0.307 e. The maximum atomic E-state index is 13.5. The van der Waals surface area contributed by atoms with Crippen LogP contribution in [0.15, 0.2) is 77.8 Å². The predicted molar refractivity (Wildman–Crippen MR) is 129 cm³/mol. The number of hydrogen-bond donors (Lipinski definition) is 0. The summed E-state index contributed by atoms with van der Waals surface area (Å²) in [4.78, 5) is 21.7. The SMILES string of the molecule is CCN(C)CCCc1cccc(N2C(=O)C(=Nc3cccc(C(F)(F)F)c3)c3ccccc32)c1. The topological polar surface area (TPSA) is 35.9 Å². The van der Waals surface area contributed by atoms with E-state index in [4.69, 9.17) is 0 Å². The van der Waals surface area contributed by atoms with E-state index < -0.39 is 11.7 Å². The van der Waals surface area contributed by atoms with Crippen molar-refractivity contribution in [1.82, 2.24) is 4.90 Å². The summed E-state index contributed by atoms with van der Waals surface area (Å²) in [6.45, 7) is 4.10. The summed E-state index contributed by atoms with van der Waals surface area (Å²) in [6.07, 6.45) is -2.60. The van der Waals surface area contributed by atoms with Crippen molar-refractivity contribution in [2.75, 3.05) is 25.0 Å². The molecule has 4 nitrogen and oxygen atoms in total. The van der Waals surface area contributed by atoms with Gasteiger partial charge in [-0.1, -0.05) is 43.3 Å². The molecule has 0 saturated carbocycles. The second-order valence-corrected chi connectivity index (χ2v) is 8.34. The number of hydrogen-bond acceptors (Lipinski definition) is 3. The van der Waals surface area contributed by atoms with Crippen LogP contribution in [-0.4, -0.2) is 36.7 Å². The van der Waals surface area contributed by atoms with Gasteiger partial charge in [0.15, 0.2) is 0 Å². The number of nitrogens with zero attached hydrogens (tertiary/aromatic N) is 3. The van der Waals surface area contributed by atoms with Crippen molar-refractivity contribution in [2.24, 2.45) is 4.99 Å². The van der Waals surface area contributed by atoms with Crippen LogP contribution in [0.5, 0.6) is 0 Å². The first-order chi connectivity index (χ1) is 16.3. The Morgan fingerprint density at radius 2 is 1.74 bits per heavy atom. The summed E-state index contributed by atoms with van der Waals surface area (Å²) in [6, 6.07) is 19.7. The van der Waals surface area contributed by atoms with Crippen molar-refractivity contribution >= 4 is 28.7 Å². The number of alkyl halides is 3. The molecular weight excluding hydrogens is 439 g/mol. The van der Waals surface area contributed by atoms with Crippen LogP contribution in [0.1, 0.15) is 30.0 Å². The van der Waals surface area contributed by atoms with Crippen LogP contribution in [0.25, 0.3) is 0 Å². The van der Waals surface area contributed by atoms with Crippen LogP contribution >= 0.6 is 0 Å². The van der Waals surface area contributed by atoms with Crippen molar-refractivity contribution in [1.29, 1.82) is 0 Å². The Morgan fingerprint density at radius 3 is 2.50 bits per heavy atom. The number of aryl methyl sites for hydroxylation is 1. The summed E-state index contributed by atoms with van der Waals surface area (Å²) in [5, 5.41) is 0. The van der Waals surface area contributed by atoms with Crippen LogP contribution in [0.3, 0.4) is 0 Å². The lowest BCUT2D eigenvalue weighted by atomic mass is 10.1. The average molecular weight is 466 g/mol. The van der Waals surface area contributed by atoms with Crippen LogP contribution in [0.4, 0.5) is 30.2 Å². The predicted octanol–water partition coefficient (Wildman–Crippen LogP) is 6.39. The molecule has 0 spiro atoms. The summed E-state index contributed by atoms with van der Waals surface area (Å²) in [5.74, 6) is -0.360. The van der Waals surface area contributed by atoms with E-state index >= 15 is 0 Å². The van der Waals surface area contributed by atoms with Gasteiger partial charge in [0, 0.05) is 11.3 Å². The molecular formula is C27H26F3N3O. The molecule has 0 bridgehead atoms. The Hall–Kier alpha value is -3.45. The van der Waals surface area contributed by atoms with E-state index in [1.807, 2.05) is 36.4 Å². The van der Waals surface area contributed by atoms with E-state index in [1.165, 1.54) is 12.1 Å². The molecule has 7 heteroatoms. The lowest BCUT2D eigenvalue weighted by Crippen LogP contribution is -2.25. The van der Waals surface area contributed by atoms with Crippen LogP contribution in [0, 0.1) is 0 Å². The molecule has 3 aromatic rings. The monoisotopic (exact) mass is 465 g/mol. The van der Waals surface area contributed by atoms with Gasteiger partial charge in [-0.05, 0) is 74.9 Å². The zero-order valence-corrected chi connectivity index (χ0v) is 19.1. The number of fused-ring (bicyclic) bond motifs is 1. The standard InChI is InChI=1S/C27H26F3N3O/c1-3-32(2)16-8-10-19-9-6-13-22(17-19)33-24-15-5-4-14-23(24)25(26(33)34)31-21-12-7-11-20(18-21)27(28,29)30/h4-7,9,11-15,17-18H,3,8,10,16H2,1-2H3. The molecule has 0 radical (unpaired) electrons. The van der Waals surface area contributed by atoms with Gasteiger partial charge in [-0.3, -0.25) is 9.69 Å². The van der Waals surface area contributed by atoms with Gasteiger partial charge in [0.25, 0.3) is 5.91 Å². The minimum absolute atomic E-state index is 0.0867. The van der Waals surface area contributed by atoms with Gasteiger partial charge < -0.3 is 4.90 Å². The Balaban J connectivity index is 1.66. The van der Waals surface area contributed by atoms with Gasteiger partial charge in [-0.25, -0.2) is 4.99 Å². The highest BCUT2D eigenvalue weighted by atomic mass is 19.4. The van der Waals surface area contributed by atoms with Gasteiger partial charge in [-0.2, -0.15) is 13.2 Å². The highest BCUT2D eigenvalue weighted by Crippen LogP contribution is 2.38. The molecule has 1 heterocycles. The molecule has 176 valence electrons. The lowest BCUT2D eigenvalue weighted by molar-refractivity contribution is -0.137. The fourth-order valence-corrected chi connectivity index (χ4v) is 4.01. The molecule has 34 heavy (non-hydrogen) atoms. The number of anilines is 2. The highest BCUT2D eigenvalue weighted by molar-refractivity contribution is 6.56. The molecule has 1 aliphatic rings. The quantitative estimate of drug-likeness (QED) is 0.405. The first kappa shape index (κ1) is 23.7. The minimum Gasteiger partial charge on any atom is -0.307 e. The lowest BCUT2D eigenvalue weighted by Gasteiger charge is -2.18. The van der Waals surface area contributed by atoms with Gasteiger partial charge in [0.2, 0.25) is 0 Å². The Morgan fingerprint density at radius 1 is 0.971 bits per heavy atom. The molecule has 1 amide bonds. The number of aliphatic imine (C=N–C) groups is 1. The summed E-state index contributed by atoms with van der Waals surface area (Å²) in [7, 11) is 2.08. The van der Waals surface area contributed by atoms with Crippen molar-refractivity contribution in [3.63, 3.8) is 0 Å². The zero-order valence-electron chi connectivity index (χ0n) is 19.1. The third-order valence-corrected chi connectivity index (χ3v) is 5.93. The second kappa shape index (κ2) is 9.81. The van der Waals surface area contributed by atoms with E-state index in [0.717, 1.165) is 43.6 Å². The maximum Gasteiger partial charge on any atom is 0.416 e. The van der Waals surface area contributed by atoms with Crippen molar-refractivity contribution < 1.29 is 18.0 Å². The molecule has 0 N–H and O–H groups in total. The van der Waals surface area contributed by atoms with E-state index in [1.54, 1.807) is 17.0 Å². The van der Waals surface area contributed by atoms with E-state index in [-0.39, 0.29) is 17.3 Å². The number of amides is 1. The minimum atomic E-state index is -4.48. The summed E-state index contributed by atoms with van der Waals surface area (Å²) < 4.78 is 39.4. The zero-order chi connectivity index (χ0) is 24.3. The third-order valence-electron chi connectivity index (χ3n) is 5.93. The Bertz CT molecular complexity index is 1220. The molecule has 1 aliphatic heterocycles. The van der Waals surface area contributed by atoms with E-state index in [2.05, 4.69) is 23.9 Å². The number of carbonyl (C=O) groups is 1. The van der Waals surface area contributed by atoms with Gasteiger partial charge in [0.1, 0.15) is 5.71 Å². The van der Waals surface area contributed by atoms with Gasteiger partial charge in [0.05, 0.1) is 16.9 Å². The fraction of sp³-hybridized carbons (Fsp3) is 0.259. The molecule has 4 rings (SSSR count). The summed E-state index contributed by atoms with van der Waals surface area (Å²) in [5.41, 5.74) is 2.52. The number of carbonyl (C=O) groups excluding carboxylic acids is 1. The average Bonchev–Trinajstić information content (AvgIpc) is 3.10. The molecule has 0 aliphatic carbocycles. The maximum absolute atomic E-state index is 13.5. The Kier molecular flexibility index (Phi) is 6.84. The second-order valence-electron chi connectivity index (χ2n) is 8.34. The number of rotatable bonds is 7. The largest absolute Gasteiger partial charge is 0.416 e. The van der Waals surface area contributed by atoms with Gasteiger partial charge >= 0.3 is 6.18 Å². The molecule has 0 aromatic heterocycles. The number of halogens is 3. The molecule has 3 aromatic carbocycles. The molecule has 0 atom stereocenters. The normalized spacial score (nSPS) is 14.8. The van der Waals surface area contributed by atoms with Crippen molar-refractivity contribution in [2.45, 2.75) is 25.9 Å². The van der Waals surface area contributed by atoms with E-state index in [9.17, 15) is 18.0 Å². The van der Waals surface area contributed by atoms with Crippen LogP contribution in [0.2, 0.25) is 0 Å². The van der Waals surface area contributed by atoms with Crippen molar-refractivity contribution in [3.8, 4) is 0 Å².